The molecule has 1 aliphatic heterocycles. The van der Waals surface area contributed by atoms with E-state index in [0.29, 0.717) is 17.1 Å². The van der Waals surface area contributed by atoms with E-state index in [1.165, 1.54) is 0 Å². The Kier molecular flexibility index (Phi) is 4.28. The number of H-pyrrole nitrogens is 1. The molecule has 1 atom stereocenters. The van der Waals surface area contributed by atoms with Crippen molar-refractivity contribution in [2.75, 3.05) is 10.6 Å². The number of benzene rings is 1. The summed E-state index contributed by atoms with van der Waals surface area (Å²) in [6, 6.07) is 7.71. The molecule has 24 heavy (non-hydrogen) atoms. The van der Waals surface area contributed by atoms with Crippen molar-refractivity contribution >= 4 is 29.2 Å². The molecule has 2 aromatic rings. The van der Waals surface area contributed by atoms with Crippen LogP contribution >= 0.6 is 0 Å². The average molecular weight is 327 g/mol. The van der Waals surface area contributed by atoms with Gasteiger partial charge in [0.15, 0.2) is 5.82 Å². The summed E-state index contributed by atoms with van der Waals surface area (Å²) < 4.78 is 0. The number of nitrogens with one attached hydrogen (secondary N) is 4. The fraction of sp³-hybridized carbons (Fsp3) is 0.250. The van der Waals surface area contributed by atoms with Gasteiger partial charge in [-0.05, 0) is 25.5 Å². The highest BCUT2D eigenvalue weighted by atomic mass is 16.2. The van der Waals surface area contributed by atoms with Gasteiger partial charge in [0.25, 0.3) is 5.91 Å². The number of anilines is 2. The second-order valence-electron chi connectivity index (χ2n) is 5.58. The normalized spacial score (nSPS) is 16.6. The number of aromatic amines is 1. The van der Waals surface area contributed by atoms with Gasteiger partial charge in [0.2, 0.25) is 11.8 Å². The molecule has 0 saturated heterocycles. The van der Waals surface area contributed by atoms with Crippen LogP contribution in [0.15, 0.2) is 30.3 Å². The van der Waals surface area contributed by atoms with Gasteiger partial charge in [-0.25, -0.2) is 0 Å². The summed E-state index contributed by atoms with van der Waals surface area (Å²) in [7, 11) is 0. The maximum absolute atomic E-state index is 12.2. The summed E-state index contributed by atoms with van der Waals surface area (Å²) in [5.74, 6) is -0.515. The summed E-state index contributed by atoms with van der Waals surface area (Å²) >= 11 is 0. The molecule has 8 heteroatoms. The number of aromatic nitrogens is 2. The van der Waals surface area contributed by atoms with Crippen LogP contribution in [-0.4, -0.2) is 34.0 Å². The van der Waals surface area contributed by atoms with Gasteiger partial charge in [0.1, 0.15) is 6.04 Å². The van der Waals surface area contributed by atoms with Crippen molar-refractivity contribution < 1.29 is 14.4 Å². The Morgan fingerprint density at radius 3 is 2.83 bits per heavy atom. The lowest BCUT2D eigenvalue weighted by Gasteiger charge is -2.13. The number of nitrogens with zero attached hydrogens (tertiary/aromatic N) is 1. The second kappa shape index (κ2) is 6.53. The largest absolute Gasteiger partial charge is 0.340 e. The van der Waals surface area contributed by atoms with E-state index in [4.69, 9.17) is 0 Å². The van der Waals surface area contributed by atoms with E-state index in [-0.39, 0.29) is 30.6 Å². The quantitative estimate of drug-likeness (QED) is 0.675. The van der Waals surface area contributed by atoms with Crippen LogP contribution in [0.5, 0.6) is 0 Å². The highest BCUT2D eigenvalue weighted by Crippen LogP contribution is 2.19. The Labute approximate surface area is 138 Å². The SMILES string of the molecule is Cc1cc(NC(=O)CC[C@@H]2NC(=O)c3ccccc3NC2=O)n[nH]1. The van der Waals surface area contributed by atoms with Crippen LogP contribution in [0.1, 0.15) is 28.9 Å². The molecule has 0 fully saturated rings. The first-order valence-electron chi connectivity index (χ1n) is 7.55. The van der Waals surface area contributed by atoms with Gasteiger partial charge in [-0.1, -0.05) is 12.1 Å². The molecule has 3 amide bonds. The minimum atomic E-state index is -0.767. The van der Waals surface area contributed by atoms with Crippen molar-refractivity contribution in [3.8, 4) is 0 Å². The molecule has 0 bridgehead atoms. The number of hydrogen-bond acceptors (Lipinski definition) is 4. The van der Waals surface area contributed by atoms with Crippen LogP contribution in [0.2, 0.25) is 0 Å². The van der Waals surface area contributed by atoms with Crippen LogP contribution in [-0.2, 0) is 9.59 Å². The number of carbonyl (C=O) groups is 3. The lowest BCUT2D eigenvalue weighted by atomic mass is 10.1. The van der Waals surface area contributed by atoms with E-state index in [1.54, 1.807) is 30.3 Å². The molecule has 2 heterocycles. The van der Waals surface area contributed by atoms with Gasteiger partial charge in [-0.2, -0.15) is 5.10 Å². The number of amides is 3. The molecular weight excluding hydrogens is 310 g/mol. The monoisotopic (exact) mass is 327 g/mol. The van der Waals surface area contributed by atoms with Crippen LogP contribution in [0.25, 0.3) is 0 Å². The van der Waals surface area contributed by atoms with Crippen LogP contribution in [0, 0.1) is 6.92 Å². The molecule has 0 radical (unpaired) electrons. The molecule has 1 aliphatic rings. The Bertz CT molecular complexity index is 799. The first-order valence-corrected chi connectivity index (χ1v) is 7.55. The van der Waals surface area contributed by atoms with Crippen molar-refractivity contribution in [2.45, 2.75) is 25.8 Å². The smallest absolute Gasteiger partial charge is 0.254 e. The first-order chi connectivity index (χ1) is 11.5. The van der Waals surface area contributed by atoms with E-state index in [0.717, 1.165) is 5.69 Å². The number of aryl methyl sites for hydroxylation is 1. The zero-order valence-corrected chi connectivity index (χ0v) is 13.1. The molecule has 0 spiro atoms. The fourth-order valence-corrected chi connectivity index (χ4v) is 2.48. The number of para-hydroxylation sites is 1. The molecule has 0 unspecified atom stereocenters. The Morgan fingerprint density at radius 1 is 1.29 bits per heavy atom. The van der Waals surface area contributed by atoms with Gasteiger partial charge in [0.05, 0.1) is 11.3 Å². The Hall–Kier alpha value is -3.16. The molecule has 124 valence electrons. The Balaban J connectivity index is 1.60. The minimum Gasteiger partial charge on any atom is -0.340 e. The standard InChI is InChI=1S/C16H17N5O3/c1-9-8-13(21-20-9)19-14(22)7-6-12-16(24)17-11-5-3-2-4-10(11)15(23)18-12/h2-5,8,12H,6-7H2,1H3,(H,17,24)(H,18,23)(H2,19,20,21,22)/t12-/m0/s1. The van der Waals surface area contributed by atoms with E-state index >= 15 is 0 Å². The van der Waals surface area contributed by atoms with Crippen molar-refractivity contribution in [2.24, 2.45) is 0 Å². The van der Waals surface area contributed by atoms with Crippen LogP contribution in [0.4, 0.5) is 11.5 Å². The van der Waals surface area contributed by atoms with Crippen molar-refractivity contribution in [3.63, 3.8) is 0 Å². The Morgan fingerprint density at radius 2 is 2.08 bits per heavy atom. The van der Waals surface area contributed by atoms with Crippen LogP contribution < -0.4 is 16.0 Å². The first kappa shape index (κ1) is 15.7. The van der Waals surface area contributed by atoms with Gasteiger partial charge in [-0.3, -0.25) is 19.5 Å². The lowest BCUT2D eigenvalue weighted by Crippen LogP contribution is -2.41. The molecule has 1 aromatic heterocycles. The molecule has 4 N–H and O–H groups in total. The summed E-state index contributed by atoms with van der Waals surface area (Å²) in [6.45, 7) is 1.83. The van der Waals surface area contributed by atoms with E-state index in [1.807, 2.05) is 6.92 Å². The van der Waals surface area contributed by atoms with E-state index in [2.05, 4.69) is 26.1 Å². The summed E-state index contributed by atoms with van der Waals surface area (Å²) in [5, 5.41) is 14.6. The van der Waals surface area contributed by atoms with Crippen molar-refractivity contribution in [1.29, 1.82) is 0 Å². The zero-order chi connectivity index (χ0) is 17.1. The third-order valence-electron chi connectivity index (χ3n) is 3.68. The van der Waals surface area contributed by atoms with E-state index in [9.17, 15) is 14.4 Å². The second-order valence-corrected chi connectivity index (χ2v) is 5.58. The fourth-order valence-electron chi connectivity index (χ4n) is 2.48. The maximum Gasteiger partial charge on any atom is 0.254 e. The molecule has 0 saturated carbocycles. The predicted octanol–water partition coefficient (Wildman–Crippen LogP) is 1.19. The van der Waals surface area contributed by atoms with Gasteiger partial charge < -0.3 is 16.0 Å². The van der Waals surface area contributed by atoms with Gasteiger partial charge in [0, 0.05) is 18.2 Å². The number of hydrogen-bond donors (Lipinski definition) is 4. The van der Waals surface area contributed by atoms with Crippen LogP contribution in [0.3, 0.4) is 0 Å². The number of rotatable bonds is 4. The van der Waals surface area contributed by atoms with Crippen molar-refractivity contribution in [3.05, 3.63) is 41.6 Å². The number of fused-ring (bicyclic) bond motifs is 1. The number of carbonyl (C=O) groups excluding carboxylic acids is 3. The average Bonchev–Trinajstić information content (AvgIpc) is 2.91. The third-order valence-corrected chi connectivity index (χ3v) is 3.68. The van der Waals surface area contributed by atoms with Gasteiger partial charge in [-0.15, -0.1) is 0 Å². The molecule has 0 aliphatic carbocycles. The summed E-state index contributed by atoms with van der Waals surface area (Å²) in [5.41, 5.74) is 1.71. The third kappa shape index (κ3) is 3.43. The van der Waals surface area contributed by atoms with E-state index < -0.39 is 6.04 Å². The summed E-state index contributed by atoms with van der Waals surface area (Å²) in [6.07, 6.45) is 0.279. The van der Waals surface area contributed by atoms with Gasteiger partial charge >= 0.3 is 0 Å². The molecule has 3 rings (SSSR count). The van der Waals surface area contributed by atoms with Crippen molar-refractivity contribution in [1.82, 2.24) is 15.5 Å². The zero-order valence-electron chi connectivity index (χ0n) is 13.1. The molecular formula is C16H17N5O3. The summed E-state index contributed by atoms with van der Waals surface area (Å²) in [4.78, 5) is 36.4. The minimum absolute atomic E-state index is 0.0839. The molecule has 1 aromatic carbocycles. The topological polar surface area (TPSA) is 116 Å². The maximum atomic E-state index is 12.2. The highest BCUT2D eigenvalue weighted by Gasteiger charge is 2.27. The lowest BCUT2D eigenvalue weighted by molar-refractivity contribution is -0.118. The molecule has 8 nitrogen and oxygen atoms in total. The highest BCUT2D eigenvalue weighted by molar-refractivity contribution is 6.09. The predicted molar refractivity (Wildman–Crippen MR) is 87.5 cm³/mol.